The van der Waals surface area contributed by atoms with E-state index in [0.29, 0.717) is 17.5 Å². The molecule has 0 spiro atoms. The minimum Gasteiger partial charge on any atom is -0.482 e. The van der Waals surface area contributed by atoms with E-state index in [1.54, 1.807) is 6.07 Å². The fourth-order valence-electron chi connectivity index (χ4n) is 2.25. The van der Waals surface area contributed by atoms with E-state index in [1.807, 2.05) is 19.1 Å². The summed E-state index contributed by atoms with van der Waals surface area (Å²) in [5.74, 6) is 0.513. The van der Waals surface area contributed by atoms with Gasteiger partial charge in [-0.25, -0.2) is 0 Å². The first-order valence-corrected chi connectivity index (χ1v) is 6.43. The van der Waals surface area contributed by atoms with Crippen LogP contribution in [0.15, 0.2) is 18.2 Å². The molecule has 1 saturated carbocycles. The maximum absolute atomic E-state index is 11.7. The number of anilines is 1. The molecule has 0 aliphatic heterocycles. The predicted molar refractivity (Wildman–Crippen MR) is 71.5 cm³/mol. The normalized spacial score (nSPS) is 15.6. The van der Waals surface area contributed by atoms with E-state index < -0.39 is 0 Å². The predicted octanol–water partition coefficient (Wildman–Crippen LogP) is 2.01. The SMILES string of the molecule is Cc1ccc(N)c(OCC(=O)NC2CCCC2)c1. The molecule has 3 N–H and O–H groups in total. The van der Waals surface area contributed by atoms with Crippen molar-refractivity contribution < 1.29 is 9.53 Å². The number of aryl methyl sites for hydroxylation is 1. The van der Waals surface area contributed by atoms with Gasteiger partial charge in [0.05, 0.1) is 5.69 Å². The Kier molecular flexibility index (Phi) is 4.07. The molecule has 0 unspecified atom stereocenters. The van der Waals surface area contributed by atoms with Gasteiger partial charge in [0.1, 0.15) is 5.75 Å². The number of ether oxygens (including phenoxy) is 1. The average Bonchev–Trinajstić information content (AvgIpc) is 2.83. The molecule has 1 fully saturated rings. The summed E-state index contributed by atoms with van der Waals surface area (Å²) in [5.41, 5.74) is 7.41. The highest BCUT2D eigenvalue weighted by Gasteiger charge is 2.17. The monoisotopic (exact) mass is 248 g/mol. The van der Waals surface area contributed by atoms with Crippen LogP contribution in [0.4, 0.5) is 5.69 Å². The minimum atomic E-state index is -0.0668. The maximum Gasteiger partial charge on any atom is 0.258 e. The van der Waals surface area contributed by atoms with E-state index in [0.717, 1.165) is 18.4 Å². The molecule has 4 nitrogen and oxygen atoms in total. The zero-order chi connectivity index (χ0) is 13.0. The smallest absolute Gasteiger partial charge is 0.258 e. The van der Waals surface area contributed by atoms with Gasteiger partial charge in [-0.15, -0.1) is 0 Å². The molecule has 4 heteroatoms. The van der Waals surface area contributed by atoms with Crippen LogP contribution < -0.4 is 15.8 Å². The first kappa shape index (κ1) is 12.7. The van der Waals surface area contributed by atoms with Crippen molar-refractivity contribution >= 4 is 11.6 Å². The first-order chi connectivity index (χ1) is 8.65. The summed E-state index contributed by atoms with van der Waals surface area (Å²) in [7, 11) is 0. The van der Waals surface area contributed by atoms with Crippen molar-refractivity contribution in [2.45, 2.75) is 38.6 Å². The number of nitrogens with one attached hydrogen (secondary N) is 1. The Hall–Kier alpha value is -1.71. The summed E-state index contributed by atoms with van der Waals surface area (Å²) in [6, 6.07) is 5.88. The number of amides is 1. The van der Waals surface area contributed by atoms with Crippen LogP contribution in [0.25, 0.3) is 0 Å². The molecule has 0 saturated heterocycles. The second-order valence-corrected chi connectivity index (χ2v) is 4.88. The molecule has 1 amide bonds. The van der Waals surface area contributed by atoms with Gasteiger partial charge in [-0.2, -0.15) is 0 Å². The third kappa shape index (κ3) is 3.39. The van der Waals surface area contributed by atoms with Gasteiger partial charge in [-0.1, -0.05) is 18.9 Å². The Morgan fingerprint density at radius 1 is 1.44 bits per heavy atom. The number of hydrogen-bond donors (Lipinski definition) is 2. The third-order valence-corrected chi connectivity index (χ3v) is 3.25. The van der Waals surface area contributed by atoms with Gasteiger partial charge in [0.15, 0.2) is 6.61 Å². The molecule has 98 valence electrons. The van der Waals surface area contributed by atoms with E-state index in [-0.39, 0.29) is 12.5 Å². The van der Waals surface area contributed by atoms with Crippen molar-refractivity contribution in [1.29, 1.82) is 0 Å². The molecule has 0 radical (unpaired) electrons. The van der Waals surface area contributed by atoms with Gasteiger partial charge in [0, 0.05) is 6.04 Å². The molecule has 0 bridgehead atoms. The summed E-state index contributed by atoms with van der Waals surface area (Å²) in [6.07, 6.45) is 4.57. The molecule has 18 heavy (non-hydrogen) atoms. The van der Waals surface area contributed by atoms with Crippen molar-refractivity contribution in [2.24, 2.45) is 0 Å². The van der Waals surface area contributed by atoms with E-state index in [1.165, 1.54) is 12.8 Å². The van der Waals surface area contributed by atoms with Gasteiger partial charge in [0.25, 0.3) is 5.91 Å². The van der Waals surface area contributed by atoms with Crippen LogP contribution >= 0.6 is 0 Å². The van der Waals surface area contributed by atoms with Crippen LogP contribution in [0, 0.1) is 6.92 Å². The fraction of sp³-hybridized carbons (Fsp3) is 0.500. The quantitative estimate of drug-likeness (QED) is 0.801. The number of nitrogens with two attached hydrogens (primary N) is 1. The largest absolute Gasteiger partial charge is 0.482 e. The van der Waals surface area contributed by atoms with Gasteiger partial charge < -0.3 is 15.8 Å². The number of carbonyl (C=O) groups is 1. The van der Waals surface area contributed by atoms with E-state index in [4.69, 9.17) is 10.5 Å². The highest BCUT2D eigenvalue weighted by Crippen LogP contribution is 2.22. The highest BCUT2D eigenvalue weighted by atomic mass is 16.5. The Morgan fingerprint density at radius 3 is 2.89 bits per heavy atom. The molecule has 1 aliphatic carbocycles. The first-order valence-electron chi connectivity index (χ1n) is 6.43. The molecule has 1 aromatic rings. The van der Waals surface area contributed by atoms with Gasteiger partial charge in [-0.05, 0) is 37.5 Å². The number of rotatable bonds is 4. The van der Waals surface area contributed by atoms with Crippen LogP contribution in [0.1, 0.15) is 31.2 Å². The molecule has 2 rings (SSSR count). The van der Waals surface area contributed by atoms with Gasteiger partial charge in [-0.3, -0.25) is 4.79 Å². The average molecular weight is 248 g/mol. The Bertz CT molecular complexity index is 426. The van der Waals surface area contributed by atoms with Gasteiger partial charge >= 0.3 is 0 Å². The highest BCUT2D eigenvalue weighted by molar-refractivity contribution is 5.78. The summed E-state index contributed by atoms with van der Waals surface area (Å²) >= 11 is 0. The lowest BCUT2D eigenvalue weighted by molar-refractivity contribution is -0.123. The lowest BCUT2D eigenvalue weighted by Gasteiger charge is -2.13. The molecule has 0 heterocycles. The standard InChI is InChI=1S/C14H20N2O2/c1-10-6-7-12(15)13(8-10)18-9-14(17)16-11-4-2-3-5-11/h6-8,11H,2-5,9,15H2,1H3,(H,16,17). The number of hydrogen-bond acceptors (Lipinski definition) is 3. The molecule has 1 aliphatic rings. The van der Waals surface area contributed by atoms with Gasteiger partial charge in [0.2, 0.25) is 0 Å². The second-order valence-electron chi connectivity index (χ2n) is 4.88. The third-order valence-electron chi connectivity index (χ3n) is 3.25. The Balaban J connectivity index is 1.83. The summed E-state index contributed by atoms with van der Waals surface area (Å²) in [6.45, 7) is 2.00. The van der Waals surface area contributed by atoms with Crippen molar-refractivity contribution in [1.82, 2.24) is 5.32 Å². The van der Waals surface area contributed by atoms with Crippen LogP contribution in [0.5, 0.6) is 5.75 Å². The molecule has 0 aromatic heterocycles. The number of carbonyl (C=O) groups excluding carboxylic acids is 1. The number of benzene rings is 1. The minimum absolute atomic E-state index is 0.0319. The molecule has 0 atom stereocenters. The van der Waals surface area contributed by atoms with Crippen LogP contribution in [0.2, 0.25) is 0 Å². The Morgan fingerprint density at radius 2 is 2.17 bits per heavy atom. The second kappa shape index (κ2) is 5.76. The topological polar surface area (TPSA) is 64.3 Å². The van der Waals surface area contributed by atoms with E-state index in [9.17, 15) is 4.79 Å². The zero-order valence-electron chi connectivity index (χ0n) is 10.7. The van der Waals surface area contributed by atoms with E-state index in [2.05, 4.69) is 5.32 Å². The van der Waals surface area contributed by atoms with Crippen molar-refractivity contribution in [2.75, 3.05) is 12.3 Å². The van der Waals surface area contributed by atoms with Crippen LogP contribution in [-0.2, 0) is 4.79 Å². The van der Waals surface area contributed by atoms with Crippen molar-refractivity contribution in [3.05, 3.63) is 23.8 Å². The van der Waals surface area contributed by atoms with Crippen molar-refractivity contribution in [3.63, 3.8) is 0 Å². The van der Waals surface area contributed by atoms with Crippen LogP contribution in [0.3, 0.4) is 0 Å². The zero-order valence-corrected chi connectivity index (χ0v) is 10.7. The summed E-state index contributed by atoms with van der Waals surface area (Å²) < 4.78 is 5.45. The fourth-order valence-corrected chi connectivity index (χ4v) is 2.25. The molecular formula is C14H20N2O2. The lowest BCUT2D eigenvalue weighted by atomic mass is 10.2. The summed E-state index contributed by atoms with van der Waals surface area (Å²) in [4.78, 5) is 11.7. The van der Waals surface area contributed by atoms with E-state index >= 15 is 0 Å². The molecular weight excluding hydrogens is 228 g/mol. The number of nitrogen functional groups attached to an aromatic ring is 1. The molecule has 1 aromatic carbocycles. The summed E-state index contributed by atoms with van der Waals surface area (Å²) in [5, 5.41) is 2.98. The Labute approximate surface area is 108 Å². The van der Waals surface area contributed by atoms with Crippen LogP contribution in [-0.4, -0.2) is 18.6 Å². The lowest BCUT2D eigenvalue weighted by Crippen LogP contribution is -2.36. The van der Waals surface area contributed by atoms with Crippen molar-refractivity contribution in [3.8, 4) is 5.75 Å². The maximum atomic E-state index is 11.7.